The second-order valence-corrected chi connectivity index (χ2v) is 0. The van der Waals surface area contributed by atoms with Gasteiger partial charge in [-0.3, -0.25) is 0 Å². The first-order valence-electron chi connectivity index (χ1n) is 0.667. The average molecular weight is 216 g/mol. The van der Waals surface area contributed by atoms with Gasteiger partial charge in [0.25, 0.3) is 0 Å². The van der Waals surface area contributed by atoms with E-state index in [0.29, 0.717) is 0 Å². The third-order valence-electron chi connectivity index (χ3n) is 0. The van der Waals surface area contributed by atoms with Crippen LogP contribution in [0, 0.1) is 0 Å². The van der Waals surface area contributed by atoms with Crippen LogP contribution in [0.15, 0.2) is 0 Å². The predicted molar refractivity (Wildman–Crippen MR) is 33.3 cm³/mol. The summed E-state index contributed by atoms with van der Waals surface area (Å²) in [7, 11) is 6.58. The summed E-state index contributed by atoms with van der Waals surface area (Å²) >= 11 is 0. The first-order chi connectivity index (χ1) is 2.00. The van der Waals surface area contributed by atoms with Crippen molar-refractivity contribution in [2.45, 2.75) is 0 Å². The van der Waals surface area contributed by atoms with Crippen LogP contribution in [-0.4, -0.2) is 0 Å². The molecule has 1 nitrogen and oxygen atoms in total. The van der Waals surface area contributed by atoms with Crippen molar-refractivity contribution in [1.82, 2.24) is 0 Å². The molecule has 36 valence electrons. The summed E-state index contributed by atoms with van der Waals surface area (Å²) in [4.78, 5) is 0. The van der Waals surface area contributed by atoms with Gasteiger partial charge >= 0.3 is 0 Å². The van der Waals surface area contributed by atoms with Crippen molar-refractivity contribution in [3.63, 3.8) is 0 Å². The zero-order valence-electron chi connectivity index (χ0n) is 2.66. The molecule has 3 unspecified atom stereocenters. The molecule has 0 aliphatic heterocycles. The summed E-state index contributed by atoms with van der Waals surface area (Å²) < 4.78 is 0. The van der Waals surface area contributed by atoms with E-state index in [1.165, 1.54) is 0 Å². The molecule has 3 atom stereocenters. The zero-order chi connectivity index (χ0) is 4.00. The second kappa shape index (κ2) is 39.7. The predicted octanol–water partition coefficient (Wildman–Crippen LogP) is 0.384. The Labute approximate surface area is 52.5 Å². The fourth-order valence-electron chi connectivity index (χ4n) is 0. The Kier molecular flexibility index (Phi) is 126. The minimum absolute atomic E-state index is 0. The van der Waals surface area contributed by atoms with Crippen LogP contribution in [0.4, 0.5) is 0 Å². The fourth-order valence-corrected chi connectivity index (χ4v) is 0. The molecular formula is H8NP3Ru. The molecule has 0 bridgehead atoms. The molecule has 0 aliphatic rings. The van der Waals surface area contributed by atoms with Crippen LogP contribution in [0.5, 0.6) is 0 Å². The molecule has 0 saturated heterocycles. The molecule has 0 radical (unpaired) electrons. The fraction of sp³-hybridized carbons (Fsp3) is 0. The molecule has 0 aliphatic carbocycles. The molecule has 0 fully saturated rings. The van der Waals surface area contributed by atoms with E-state index in [9.17, 15) is 0 Å². The molecule has 0 amide bonds. The standard InChI is InChI=1S/H4NP.H4P2.Ru/c2*1-2;/h2*1-2H2;. The molecule has 5 heavy (non-hydrogen) atoms. The van der Waals surface area contributed by atoms with Crippen molar-refractivity contribution in [1.29, 1.82) is 0 Å². The smallest absolute Gasteiger partial charge is 0 e. The summed E-state index contributed by atoms with van der Waals surface area (Å²) in [6.45, 7) is 0. The van der Waals surface area contributed by atoms with Crippen LogP contribution in [0.1, 0.15) is 0 Å². The first-order valence-corrected chi connectivity index (χ1v) is 4.00. The molecule has 0 rings (SSSR count). The quantitative estimate of drug-likeness (QED) is 0.460. The summed E-state index contributed by atoms with van der Waals surface area (Å²) in [6.07, 6.45) is 0. The van der Waals surface area contributed by atoms with E-state index >= 15 is 0 Å². The van der Waals surface area contributed by atoms with Crippen LogP contribution in [0.3, 0.4) is 0 Å². The van der Waals surface area contributed by atoms with Gasteiger partial charge in [0.05, 0.1) is 0 Å². The summed E-state index contributed by atoms with van der Waals surface area (Å²) in [6, 6.07) is 0. The third-order valence-corrected chi connectivity index (χ3v) is 0. The van der Waals surface area contributed by atoms with Gasteiger partial charge in [0.1, 0.15) is 0 Å². The van der Waals surface area contributed by atoms with Gasteiger partial charge in [0.2, 0.25) is 0 Å². The van der Waals surface area contributed by atoms with E-state index in [1.807, 2.05) is 9.39 Å². The van der Waals surface area contributed by atoms with Crippen LogP contribution < -0.4 is 5.50 Å². The van der Waals surface area contributed by atoms with Gasteiger partial charge in [-0.2, -0.15) is 0 Å². The monoisotopic (exact) mass is 217 g/mol. The summed E-state index contributed by atoms with van der Waals surface area (Å²) in [5.41, 5.74) is 4.42. The number of rotatable bonds is 0. The van der Waals surface area contributed by atoms with Gasteiger partial charge in [-0.25, -0.2) is 0 Å². The molecule has 0 saturated carbocycles. The molecule has 0 aromatic rings. The van der Waals surface area contributed by atoms with Crippen molar-refractivity contribution in [3.8, 4) is 0 Å². The molecule has 0 aromatic heterocycles. The third kappa shape index (κ3) is 25.1. The van der Waals surface area contributed by atoms with E-state index in [4.69, 9.17) is 0 Å². The summed E-state index contributed by atoms with van der Waals surface area (Å²) in [5.74, 6) is 0. The second-order valence-electron chi connectivity index (χ2n) is 0. The van der Waals surface area contributed by atoms with Gasteiger partial charge in [0.15, 0.2) is 0 Å². The van der Waals surface area contributed by atoms with Crippen LogP contribution >= 0.6 is 27.2 Å². The van der Waals surface area contributed by atoms with Gasteiger partial charge in [0, 0.05) is 19.5 Å². The van der Waals surface area contributed by atoms with Crippen LogP contribution in [0.2, 0.25) is 0 Å². The Morgan fingerprint density at radius 2 is 1.00 bits per heavy atom. The molecule has 0 heterocycles. The van der Waals surface area contributed by atoms with E-state index in [1.54, 1.807) is 0 Å². The van der Waals surface area contributed by atoms with Crippen molar-refractivity contribution in [2.75, 3.05) is 0 Å². The van der Waals surface area contributed by atoms with E-state index in [0.717, 1.165) is 0 Å². The maximum absolute atomic E-state index is 4.42. The van der Waals surface area contributed by atoms with E-state index in [-0.39, 0.29) is 19.5 Å². The van der Waals surface area contributed by atoms with E-state index < -0.39 is 0 Å². The molecule has 5 heteroatoms. The van der Waals surface area contributed by atoms with Crippen molar-refractivity contribution < 1.29 is 19.5 Å². The first kappa shape index (κ1) is 15.8. The molecule has 0 spiro atoms. The average Bonchev–Trinajstić information content (AvgIpc) is 1.50. The maximum Gasteiger partial charge on any atom is 0 e. The number of hydrogen-bond acceptors (Lipinski definition) is 1. The van der Waals surface area contributed by atoms with Gasteiger partial charge in [-0.15, -0.1) is 17.9 Å². The number of nitrogens with two attached hydrogens (primary N) is 1. The molecular weight excluding hydrogens is 208 g/mol. The summed E-state index contributed by atoms with van der Waals surface area (Å²) in [5, 5.41) is 0. The van der Waals surface area contributed by atoms with Gasteiger partial charge < -0.3 is 5.50 Å². The minimum Gasteiger partial charge on any atom is -0.314 e. The Morgan fingerprint density at radius 1 is 1.00 bits per heavy atom. The molecule has 2 N–H and O–H groups in total. The zero-order valence-corrected chi connectivity index (χ0v) is 7.87. The Hall–Kier alpha value is 1.87. The number of hydrogen-bond donors (Lipinski definition) is 1. The van der Waals surface area contributed by atoms with Crippen molar-refractivity contribution in [2.24, 2.45) is 5.50 Å². The van der Waals surface area contributed by atoms with Gasteiger partial charge in [-0.1, -0.05) is 9.39 Å². The SMILES string of the molecule is NP.PP.[Ru]. The topological polar surface area (TPSA) is 26.0 Å². The Bertz CT molecular complexity index is 6.85. The van der Waals surface area contributed by atoms with Crippen LogP contribution in [-0.2, 0) is 19.5 Å². The van der Waals surface area contributed by atoms with Crippen molar-refractivity contribution in [3.05, 3.63) is 0 Å². The van der Waals surface area contributed by atoms with E-state index in [2.05, 4.69) is 23.4 Å². The minimum atomic E-state index is 0. The van der Waals surface area contributed by atoms with Gasteiger partial charge in [-0.05, 0) is 0 Å². The normalized spacial score (nSPS) is 2.40. The Balaban J connectivity index is -0.0000000133. The molecule has 0 aromatic carbocycles. The maximum atomic E-state index is 4.42. The van der Waals surface area contributed by atoms with Crippen LogP contribution in [0.25, 0.3) is 0 Å². The van der Waals surface area contributed by atoms with Crippen molar-refractivity contribution >= 4 is 27.2 Å². The Morgan fingerprint density at radius 3 is 1.00 bits per heavy atom. The largest absolute Gasteiger partial charge is 0.314 e.